The van der Waals surface area contributed by atoms with Gasteiger partial charge in [-0.1, -0.05) is 20.3 Å². The third kappa shape index (κ3) is 4.23. The zero-order chi connectivity index (χ0) is 11.1. The van der Waals surface area contributed by atoms with Crippen LogP contribution in [0.5, 0.6) is 0 Å². The number of carboxylic acids is 1. The molecule has 14 heavy (non-hydrogen) atoms. The van der Waals surface area contributed by atoms with Crippen molar-refractivity contribution >= 4 is 11.9 Å². The van der Waals surface area contributed by atoms with E-state index in [-0.39, 0.29) is 5.91 Å². The van der Waals surface area contributed by atoms with Gasteiger partial charge in [0.05, 0.1) is 6.04 Å². The maximum Gasteiger partial charge on any atom is 0.326 e. The minimum absolute atomic E-state index is 0.361. The van der Waals surface area contributed by atoms with Gasteiger partial charge in [-0.3, -0.25) is 4.79 Å². The quantitative estimate of drug-likeness (QED) is 0.569. The lowest BCUT2D eigenvalue weighted by Crippen LogP contribution is -2.48. The number of rotatable bonds is 6. The van der Waals surface area contributed by atoms with E-state index in [2.05, 4.69) is 5.32 Å². The Morgan fingerprint density at radius 1 is 1.43 bits per heavy atom. The van der Waals surface area contributed by atoms with Gasteiger partial charge >= 0.3 is 5.97 Å². The van der Waals surface area contributed by atoms with Gasteiger partial charge in [0.1, 0.15) is 6.04 Å². The molecule has 5 nitrogen and oxygen atoms in total. The normalized spacial score (nSPS) is 14.5. The molecule has 0 aliphatic heterocycles. The largest absolute Gasteiger partial charge is 0.480 e. The predicted molar refractivity (Wildman–Crippen MR) is 52.7 cm³/mol. The van der Waals surface area contributed by atoms with Crippen LogP contribution < -0.4 is 11.1 Å². The highest BCUT2D eigenvalue weighted by Crippen LogP contribution is 1.96. The summed E-state index contributed by atoms with van der Waals surface area (Å²) in [4.78, 5) is 21.9. The number of hydrogen-bond donors (Lipinski definition) is 3. The van der Waals surface area contributed by atoms with Gasteiger partial charge in [0.15, 0.2) is 0 Å². The summed E-state index contributed by atoms with van der Waals surface area (Å²) in [5, 5.41) is 11.1. The van der Waals surface area contributed by atoms with Crippen LogP contribution in [-0.2, 0) is 9.59 Å². The van der Waals surface area contributed by atoms with Gasteiger partial charge in [0.25, 0.3) is 0 Å². The molecule has 5 heteroatoms. The lowest BCUT2D eigenvalue weighted by Gasteiger charge is -2.15. The van der Waals surface area contributed by atoms with Crippen LogP contribution in [0, 0.1) is 0 Å². The van der Waals surface area contributed by atoms with Gasteiger partial charge in [0.2, 0.25) is 5.91 Å². The second-order valence-electron chi connectivity index (χ2n) is 3.20. The first-order valence-electron chi connectivity index (χ1n) is 4.81. The maximum atomic E-state index is 11.3. The molecule has 0 rings (SSSR count). The van der Waals surface area contributed by atoms with Gasteiger partial charge < -0.3 is 16.2 Å². The lowest BCUT2D eigenvalue weighted by molar-refractivity contribution is -0.142. The molecule has 0 aromatic heterocycles. The van der Waals surface area contributed by atoms with Crippen LogP contribution in [0.25, 0.3) is 0 Å². The Labute approximate surface area is 83.7 Å². The summed E-state index contributed by atoms with van der Waals surface area (Å²) in [5.74, 6) is -1.41. The van der Waals surface area contributed by atoms with Gasteiger partial charge in [0, 0.05) is 0 Å². The van der Waals surface area contributed by atoms with E-state index in [1.165, 1.54) is 0 Å². The summed E-state index contributed by atoms with van der Waals surface area (Å²) in [7, 11) is 0. The average molecular weight is 202 g/mol. The Hall–Kier alpha value is -1.10. The number of aliphatic carboxylic acids is 1. The summed E-state index contributed by atoms with van der Waals surface area (Å²) in [6, 6.07) is -1.43. The molecule has 0 saturated carbocycles. The molecule has 0 spiro atoms. The Balaban J connectivity index is 4.08. The SMILES string of the molecule is CCC[C@@H](N)C(=O)N[C@@H](CC)C(=O)O. The van der Waals surface area contributed by atoms with Crippen molar-refractivity contribution in [2.45, 2.75) is 45.2 Å². The summed E-state index contributed by atoms with van der Waals surface area (Å²) in [6.07, 6.45) is 1.74. The van der Waals surface area contributed by atoms with Crippen LogP contribution in [0.15, 0.2) is 0 Å². The van der Waals surface area contributed by atoms with Crippen molar-refractivity contribution in [1.82, 2.24) is 5.32 Å². The molecule has 2 atom stereocenters. The fourth-order valence-corrected chi connectivity index (χ4v) is 1.06. The van der Waals surface area contributed by atoms with Crippen LogP contribution in [0.1, 0.15) is 33.1 Å². The third-order valence-corrected chi connectivity index (χ3v) is 1.96. The Bertz CT molecular complexity index is 206. The number of carboxylic acid groups (broad SMARTS) is 1. The fraction of sp³-hybridized carbons (Fsp3) is 0.778. The molecule has 4 N–H and O–H groups in total. The van der Waals surface area contributed by atoms with Crippen molar-refractivity contribution in [3.63, 3.8) is 0 Å². The van der Waals surface area contributed by atoms with Gasteiger partial charge in [-0.25, -0.2) is 4.79 Å². The van der Waals surface area contributed by atoms with E-state index in [0.717, 1.165) is 6.42 Å². The topological polar surface area (TPSA) is 92.4 Å². The average Bonchev–Trinajstić information content (AvgIpc) is 2.13. The van der Waals surface area contributed by atoms with Gasteiger partial charge in [-0.05, 0) is 12.8 Å². The molecule has 0 aliphatic rings. The first-order chi connectivity index (χ1) is 6.52. The van der Waals surface area contributed by atoms with Crippen molar-refractivity contribution in [1.29, 1.82) is 0 Å². The first kappa shape index (κ1) is 12.9. The molecule has 0 unspecified atom stereocenters. The number of nitrogens with two attached hydrogens (primary N) is 1. The summed E-state index contributed by atoms with van der Waals surface area (Å²) < 4.78 is 0. The van der Waals surface area contributed by atoms with Crippen molar-refractivity contribution in [2.24, 2.45) is 5.73 Å². The van der Waals surface area contributed by atoms with E-state index in [9.17, 15) is 9.59 Å². The molecule has 82 valence electrons. The van der Waals surface area contributed by atoms with Crippen molar-refractivity contribution in [3.8, 4) is 0 Å². The zero-order valence-corrected chi connectivity index (χ0v) is 8.62. The van der Waals surface area contributed by atoms with Gasteiger partial charge in [-0.15, -0.1) is 0 Å². The molecule has 0 radical (unpaired) electrons. The van der Waals surface area contributed by atoms with Gasteiger partial charge in [-0.2, -0.15) is 0 Å². The Morgan fingerprint density at radius 3 is 2.36 bits per heavy atom. The smallest absolute Gasteiger partial charge is 0.326 e. The van der Waals surface area contributed by atoms with E-state index in [0.29, 0.717) is 12.8 Å². The lowest BCUT2D eigenvalue weighted by atomic mass is 10.1. The Kier molecular flexibility index (Phi) is 5.87. The van der Waals surface area contributed by atoms with Crippen LogP contribution >= 0.6 is 0 Å². The maximum absolute atomic E-state index is 11.3. The van der Waals surface area contributed by atoms with E-state index < -0.39 is 18.1 Å². The molecule has 0 bridgehead atoms. The molecular formula is C9H18N2O3. The van der Waals surface area contributed by atoms with Crippen LogP contribution in [0.2, 0.25) is 0 Å². The highest BCUT2D eigenvalue weighted by Gasteiger charge is 2.20. The summed E-state index contributed by atoms with van der Waals surface area (Å²) in [5.41, 5.74) is 5.53. The van der Waals surface area contributed by atoms with Crippen molar-refractivity contribution in [3.05, 3.63) is 0 Å². The van der Waals surface area contributed by atoms with E-state index in [1.54, 1.807) is 6.92 Å². The van der Waals surface area contributed by atoms with E-state index >= 15 is 0 Å². The highest BCUT2D eigenvalue weighted by molar-refractivity contribution is 5.86. The number of hydrogen-bond acceptors (Lipinski definition) is 3. The number of carbonyl (C=O) groups is 2. The van der Waals surface area contributed by atoms with E-state index in [4.69, 9.17) is 10.8 Å². The summed E-state index contributed by atoms with van der Waals surface area (Å²) >= 11 is 0. The Morgan fingerprint density at radius 2 is 2.00 bits per heavy atom. The second-order valence-corrected chi connectivity index (χ2v) is 3.20. The monoisotopic (exact) mass is 202 g/mol. The molecular weight excluding hydrogens is 184 g/mol. The van der Waals surface area contributed by atoms with Crippen LogP contribution in [-0.4, -0.2) is 29.1 Å². The molecule has 0 saturated heterocycles. The molecule has 0 fully saturated rings. The standard InChI is InChI=1S/C9H18N2O3/c1-3-5-6(10)8(12)11-7(4-2)9(13)14/h6-7H,3-5,10H2,1-2H3,(H,11,12)(H,13,14)/t6-,7+/m1/s1. The summed E-state index contributed by atoms with van der Waals surface area (Å²) in [6.45, 7) is 3.62. The second kappa shape index (κ2) is 6.37. The number of carbonyl (C=O) groups excluding carboxylic acids is 1. The predicted octanol–water partition coefficient (Wildman–Crippen LogP) is 0.0932. The van der Waals surface area contributed by atoms with Crippen molar-refractivity contribution in [2.75, 3.05) is 0 Å². The van der Waals surface area contributed by atoms with Crippen molar-refractivity contribution < 1.29 is 14.7 Å². The molecule has 0 aromatic carbocycles. The van der Waals surface area contributed by atoms with Crippen LogP contribution in [0.4, 0.5) is 0 Å². The molecule has 0 aromatic rings. The number of amides is 1. The zero-order valence-electron chi connectivity index (χ0n) is 8.62. The molecule has 1 amide bonds. The minimum atomic E-state index is -1.02. The first-order valence-corrected chi connectivity index (χ1v) is 4.81. The molecule has 0 heterocycles. The minimum Gasteiger partial charge on any atom is -0.480 e. The highest BCUT2D eigenvalue weighted by atomic mass is 16.4. The van der Waals surface area contributed by atoms with Crippen LogP contribution in [0.3, 0.4) is 0 Å². The number of nitrogens with one attached hydrogen (secondary N) is 1. The third-order valence-electron chi connectivity index (χ3n) is 1.96. The fourth-order valence-electron chi connectivity index (χ4n) is 1.06. The molecule has 0 aliphatic carbocycles. The van der Waals surface area contributed by atoms with E-state index in [1.807, 2.05) is 6.92 Å².